The molecule has 2 N–H and O–H groups in total. The van der Waals surface area contributed by atoms with Gasteiger partial charge in [-0.2, -0.15) is 0 Å². The summed E-state index contributed by atoms with van der Waals surface area (Å²) in [6, 6.07) is 0. The average molecular weight is 352 g/mol. The van der Waals surface area contributed by atoms with Gasteiger partial charge in [0.25, 0.3) is 5.56 Å². The number of aromatic amines is 1. The minimum absolute atomic E-state index is 0.388. The Hall–Kier alpha value is -1.93. The molecule has 0 aliphatic heterocycles. The SMILES string of the molecule is CCC[NH+](CCC)Cc1nc2c(c(=O)[nH]c(=O)n2C)n1CCOCC. The molecule has 0 spiro atoms. The van der Waals surface area contributed by atoms with E-state index in [9.17, 15) is 9.59 Å². The predicted molar refractivity (Wildman–Crippen MR) is 97.1 cm³/mol. The molecule has 0 radical (unpaired) electrons. The molecule has 0 atom stereocenters. The molecular weight excluding hydrogens is 322 g/mol. The van der Waals surface area contributed by atoms with E-state index in [2.05, 4.69) is 23.8 Å². The number of hydrogen-bond donors (Lipinski definition) is 2. The van der Waals surface area contributed by atoms with Gasteiger partial charge in [-0.15, -0.1) is 0 Å². The molecule has 140 valence electrons. The average Bonchev–Trinajstić information content (AvgIpc) is 2.93. The van der Waals surface area contributed by atoms with Crippen LogP contribution in [0.5, 0.6) is 0 Å². The highest BCUT2D eigenvalue weighted by Crippen LogP contribution is 2.10. The van der Waals surface area contributed by atoms with Crippen molar-refractivity contribution in [1.29, 1.82) is 0 Å². The molecule has 0 amide bonds. The molecule has 25 heavy (non-hydrogen) atoms. The molecule has 0 fully saturated rings. The highest BCUT2D eigenvalue weighted by molar-refractivity contribution is 5.70. The first-order valence-electron chi connectivity index (χ1n) is 9.13. The number of aryl methyl sites for hydroxylation is 1. The molecule has 8 nitrogen and oxygen atoms in total. The molecular formula is C17H30N5O3+. The zero-order valence-electron chi connectivity index (χ0n) is 15.7. The maximum absolute atomic E-state index is 12.4. The summed E-state index contributed by atoms with van der Waals surface area (Å²) in [5.74, 6) is 0.832. The Morgan fingerprint density at radius 1 is 1.16 bits per heavy atom. The third kappa shape index (κ3) is 4.38. The molecule has 0 aliphatic rings. The van der Waals surface area contributed by atoms with Crippen LogP contribution in [0.2, 0.25) is 0 Å². The van der Waals surface area contributed by atoms with Crippen molar-refractivity contribution in [2.75, 3.05) is 26.3 Å². The van der Waals surface area contributed by atoms with Crippen LogP contribution in [0.15, 0.2) is 9.59 Å². The summed E-state index contributed by atoms with van der Waals surface area (Å²) in [6.45, 7) is 10.8. The van der Waals surface area contributed by atoms with E-state index < -0.39 is 5.69 Å². The molecule has 2 heterocycles. The molecule has 0 aromatic carbocycles. The first kappa shape index (κ1) is 19.4. The number of rotatable bonds is 10. The Morgan fingerprint density at radius 2 is 1.84 bits per heavy atom. The van der Waals surface area contributed by atoms with E-state index in [-0.39, 0.29) is 5.56 Å². The van der Waals surface area contributed by atoms with Gasteiger partial charge in [-0.25, -0.2) is 9.78 Å². The molecule has 2 aromatic rings. The van der Waals surface area contributed by atoms with Crippen molar-refractivity contribution in [3.63, 3.8) is 0 Å². The summed E-state index contributed by atoms with van der Waals surface area (Å²) in [5.41, 5.74) is 0.0578. The predicted octanol–water partition coefficient (Wildman–Crippen LogP) is -0.335. The Bertz CT molecular complexity index is 799. The molecule has 2 aromatic heterocycles. The van der Waals surface area contributed by atoms with Gasteiger partial charge < -0.3 is 14.2 Å². The molecule has 0 saturated carbocycles. The molecule has 2 rings (SSSR count). The highest BCUT2D eigenvalue weighted by atomic mass is 16.5. The van der Waals surface area contributed by atoms with E-state index in [1.54, 1.807) is 7.05 Å². The van der Waals surface area contributed by atoms with E-state index in [0.29, 0.717) is 30.9 Å². The summed E-state index contributed by atoms with van der Waals surface area (Å²) in [6.07, 6.45) is 2.18. The summed E-state index contributed by atoms with van der Waals surface area (Å²) >= 11 is 0. The van der Waals surface area contributed by atoms with Crippen molar-refractivity contribution < 1.29 is 9.64 Å². The summed E-state index contributed by atoms with van der Waals surface area (Å²) in [4.78, 5) is 32.7. The number of aromatic nitrogens is 4. The van der Waals surface area contributed by atoms with Crippen LogP contribution in [-0.2, 0) is 24.9 Å². The second-order valence-corrected chi connectivity index (χ2v) is 6.29. The van der Waals surface area contributed by atoms with Gasteiger partial charge in [0.15, 0.2) is 17.0 Å². The van der Waals surface area contributed by atoms with Gasteiger partial charge >= 0.3 is 5.69 Å². The number of hydrogen-bond acceptors (Lipinski definition) is 4. The lowest BCUT2D eigenvalue weighted by Gasteiger charge is -2.18. The van der Waals surface area contributed by atoms with Gasteiger partial charge in [0.2, 0.25) is 0 Å². The van der Waals surface area contributed by atoms with Gasteiger partial charge in [0.1, 0.15) is 6.54 Å². The summed E-state index contributed by atoms with van der Waals surface area (Å²) in [5, 5.41) is 0. The topological polar surface area (TPSA) is 86.4 Å². The minimum atomic E-state index is -0.440. The van der Waals surface area contributed by atoms with Crippen LogP contribution in [0.1, 0.15) is 39.4 Å². The first-order chi connectivity index (χ1) is 12.0. The normalized spacial score (nSPS) is 11.7. The second kappa shape index (κ2) is 8.96. The van der Waals surface area contributed by atoms with Crippen LogP contribution in [0, 0.1) is 0 Å². The van der Waals surface area contributed by atoms with Crippen LogP contribution in [0.3, 0.4) is 0 Å². The van der Waals surface area contributed by atoms with Crippen molar-refractivity contribution in [3.05, 3.63) is 26.7 Å². The number of fused-ring (bicyclic) bond motifs is 1. The lowest BCUT2D eigenvalue weighted by Crippen LogP contribution is -3.10. The number of H-pyrrole nitrogens is 1. The fourth-order valence-corrected chi connectivity index (χ4v) is 3.19. The lowest BCUT2D eigenvalue weighted by atomic mass is 10.3. The molecule has 0 aliphatic carbocycles. The van der Waals surface area contributed by atoms with E-state index in [1.807, 2.05) is 11.5 Å². The Kier molecular flexibility index (Phi) is 6.95. The fourth-order valence-electron chi connectivity index (χ4n) is 3.19. The fraction of sp³-hybridized carbons (Fsp3) is 0.706. The molecule has 0 unspecified atom stereocenters. The number of imidazole rings is 1. The van der Waals surface area contributed by atoms with Crippen LogP contribution in [0.25, 0.3) is 11.2 Å². The monoisotopic (exact) mass is 352 g/mol. The standard InChI is InChI=1S/C17H29N5O3/c1-5-8-21(9-6-2)12-13-18-15-14(22(13)10-11-25-7-3)16(23)19-17(24)20(15)4/h5-12H2,1-4H3,(H,19,23,24)/p+1. The van der Waals surface area contributed by atoms with Gasteiger partial charge in [-0.3, -0.25) is 14.3 Å². The van der Waals surface area contributed by atoms with Crippen molar-refractivity contribution in [1.82, 2.24) is 19.1 Å². The molecule has 8 heteroatoms. The van der Waals surface area contributed by atoms with E-state index in [4.69, 9.17) is 4.74 Å². The van der Waals surface area contributed by atoms with Gasteiger partial charge in [-0.1, -0.05) is 13.8 Å². The smallest absolute Gasteiger partial charge is 0.329 e. The number of nitrogens with one attached hydrogen (secondary N) is 2. The second-order valence-electron chi connectivity index (χ2n) is 6.29. The lowest BCUT2D eigenvalue weighted by molar-refractivity contribution is -0.914. The number of quaternary nitrogens is 1. The number of ether oxygens (including phenoxy) is 1. The van der Waals surface area contributed by atoms with Crippen LogP contribution < -0.4 is 16.1 Å². The van der Waals surface area contributed by atoms with Crippen molar-refractivity contribution >= 4 is 11.2 Å². The van der Waals surface area contributed by atoms with Crippen LogP contribution >= 0.6 is 0 Å². The zero-order chi connectivity index (χ0) is 18.4. The number of nitrogens with zero attached hydrogens (tertiary/aromatic N) is 3. The maximum Gasteiger partial charge on any atom is 0.329 e. The van der Waals surface area contributed by atoms with Gasteiger partial charge in [0.05, 0.1) is 19.7 Å². The minimum Gasteiger partial charge on any atom is -0.380 e. The van der Waals surface area contributed by atoms with E-state index in [1.165, 1.54) is 9.47 Å². The molecule has 0 saturated heterocycles. The van der Waals surface area contributed by atoms with Crippen molar-refractivity contribution in [2.45, 2.75) is 46.7 Å². The van der Waals surface area contributed by atoms with Crippen molar-refractivity contribution in [2.24, 2.45) is 7.05 Å². The van der Waals surface area contributed by atoms with Crippen LogP contribution in [0.4, 0.5) is 0 Å². The third-order valence-corrected chi connectivity index (χ3v) is 4.36. The van der Waals surface area contributed by atoms with Gasteiger partial charge in [0, 0.05) is 20.2 Å². The summed E-state index contributed by atoms with van der Waals surface area (Å²) in [7, 11) is 1.63. The Labute approximate surface area is 147 Å². The zero-order valence-corrected chi connectivity index (χ0v) is 15.7. The van der Waals surface area contributed by atoms with Crippen molar-refractivity contribution in [3.8, 4) is 0 Å². The maximum atomic E-state index is 12.4. The van der Waals surface area contributed by atoms with E-state index in [0.717, 1.165) is 38.3 Å². The summed E-state index contributed by atoms with van der Waals surface area (Å²) < 4.78 is 8.78. The third-order valence-electron chi connectivity index (χ3n) is 4.36. The first-order valence-corrected chi connectivity index (χ1v) is 9.13. The quantitative estimate of drug-likeness (QED) is 0.573. The highest BCUT2D eigenvalue weighted by Gasteiger charge is 2.20. The Morgan fingerprint density at radius 3 is 2.44 bits per heavy atom. The van der Waals surface area contributed by atoms with Gasteiger partial charge in [-0.05, 0) is 19.8 Å². The molecule has 0 bridgehead atoms. The van der Waals surface area contributed by atoms with Crippen LogP contribution in [-0.4, -0.2) is 45.4 Å². The largest absolute Gasteiger partial charge is 0.380 e. The van der Waals surface area contributed by atoms with E-state index >= 15 is 0 Å². The Balaban J connectivity index is 2.51.